The van der Waals surface area contributed by atoms with E-state index in [2.05, 4.69) is 5.32 Å². The topological polar surface area (TPSA) is 41.5 Å². The molecule has 1 unspecified atom stereocenters. The SMILES string of the molecule is CNCC(OC)c1ccc(O)cc1.Cl. The van der Waals surface area contributed by atoms with Crippen LogP contribution < -0.4 is 5.32 Å². The third-order valence-electron chi connectivity index (χ3n) is 1.94. The number of halogens is 1. The van der Waals surface area contributed by atoms with Crippen LogP contribution in [0.3, 0.4) is 0 Å². The maximum absolute atomic E-state index is 9.08. The average molecular weight is 218 g/mol. The van der Waals surface area contributed by atoms with E-state index in [1.165, 1.54) is 0 Å². The van der Waals surface area contributed by atoms with Crippen molar-refractivity contribution in [3.05, 3.63) is 29.8 Å². The summed E-state index contributed by atoms with van der Waals surface area (Å²) < 4.78 is 5.27. The van der Waals surface area contributed by atoms with Gasteiger partial charge < -0.3 is 15.2 Å². The van der Waals surface area contributed by atoms with E-state index in [0.29, 0.717) is 0 Å². The molecule has 1 aromatic rings. The van der Waals surface area contributed by atoms with Gasteiger partial charge in [-0.25, -0.2) is 0 Å². The number of likely N-dealkylation sites (N-methyl/N-ethyl adjacent to an activating group) is 1. The van der Waals surface area contributed by atoms with Gasteiger partial charge in [-0.05, 0) is 24.7 Å². The highest BCUT2D eigenvalue weighted by atomic mass is 35.5. The molecule has 2 N–H and O–H groups in total. The van der Waals surface area contributed by atoms with Crippen LogP contribution in [0.25, 0.3) is 0 Å². The predicted octanol–water partition coefficient (Wildman–Crippen LogP) is 1.72. The minimum absolute atomic E-state index is 0. The van der Waals surface area contributed by atoms with E-state index < -0.39 is 0 Å². The number of aromatic hydroxyl groups is 1. The van der Waals surface area contributed by atoms with Crippen molar-refractivity contribution in [3.8, 4) is 5.75 Å². The summed E-state index contributed by atoms with van der Waals surface area (Å²) in [4.78, 5) is 0. The second kappa shape index (κ2) is 6.65. The lowest BCUT2D eigenvalue weighted by molar-refractivity contribution is 0.104. The van der Waals surface area contributed by atoms with Crippen molar-refractivity contribution in [3.63, 3.8) is 0 Å². The van der Waals surface area contributed by atoms with Gasteiger partial charge in [-0.3, -0.25) is 0 Å². The Bertz CT molecular complexity index is 251. The smallest absolute Gasteiger partial charge is 0.115 e. The van der Waals surface area contributed by atoms with E-state index in [9.17, 15) is 0 Å². The fourth-order valence-electron chi connectivity index (χ4n) is 1.21. The van der Waals surface area contributed by atoms with E-state index in [1.807, 2.05) is 19.2 Å². The highest BCUT2D eigenvalue weighted by Gasteiger charge is 2.08. The lowest BCUT2D eigenvalue weighted by atomic mass is 10.1. The van der Waals surface area contributed by atoms with Crippen molar-refractivity contribution >= 4 is 12.4 Å². The standard InChI is InChI=1S/C10H15NO2.ClH/c1-11-7-10(13-2)8-3-5-9(12)6-4-8;/h3-6,10-12H,7H2,1-2H3;1H. The Morgan fingerprint density at radius 2 is 1.93 bits per heavy atom. The molecule has 1 atom stereocenters. The van der Waals surface area contributed by atoms with Gasteiger partial charge in [0, 0.05) is 13.7 Å². The van der Waals surface area contributed by atoms with Gasteiger partial charge in [-0.2, -0.15) is 0 Å². The Morgan fingerprint density at radius 1 is 1.36 bits per heavy atom. The molecule has 0 amide bonds. The Hall–Kier alpha value is -0.770. The maximum atomic E-state index is 9.08. The maximum Gasteiger partial charge on any atom is 0.115 e. The third kappa shape index (κ3) is 3.54. The largest absolute Gasteiger partial charge is 0.508 e. The molecule has 0 heterocycles. The number of phenolic OH excluding ortho intramolecular Hbond substituents is 1. The zero-order valence-electron chi connectivity index (χ0n) is 8.36. The van der Waals surface area contributed by atoms with E-state index >= 15 is 0 Å². The van der Waals surface area contributed by atoms with Crippen LogP contribution in [-0.4, -0.2) is 25.8 Å². The Balaban J connectivity index is 0.00000169. The average Bonchev–Trinajstić information content (AvgIpc) is 2.16. The monoisotopic (exact) mass is 217 g/mol. The summed E-state index contributed by atoms with van der Waals surface area (Å²) in [5.74, 6) is 0.281. The lowest BCUT2D eigenvalue weighted by Gasteiger charge is -2.14. The molecule has 80 valence electrons. The van der Waals surface area contributed by atoms with Gasteiger partial charge in [0.1, 0.15) is 5.75 Å². The molecule has 0 aliphatic heterocycles. The first kappa shape index (κ1) is 13.2. The molecule has 0 aliphatic rings. The van der Waals surface area contributed by atoms with E-state index in [4.69, 9.17) is 9.84 Å². The summed E-state index contributed by atoms with van der Waals surface area (Å²) in [6.45, 7) is 0.765. The van der Waals surface area contributed by atoms with Gasteiger partial charge in [0.05, 0.1) is 6.10 Å². The van der Waals surface area contributed by atoms with Gasteiger partial charge in [0.2, 0.25) is 0 Å². The molecule has 0 saturated heterocycles. The van der Waals surface area contributed by atoms with Gasteiger partial charge in [-0.15, -0.1) is 12.4 Å². The van der Waals surface area contributed by atoms with E-state index in [0.717, 1.165) is 12.1 Å². The zero-order chi connectivity index (χ0) is 9.68. The first-order chi connectivity index (χ1) is 6.27. The van der Waals surface area contributed by atoms with Crippen molar-refractivity contribution in [2.75, 3.05) is 20.7 Å². The summed E-state index contributed by atoms with van der Waals surface area (Å²) in [5.41, 5.74) is 1.06. The van der Waals surface area contributed by atoms with Crippen LogP contribution in [-0.2, 0) is 4.74 Å². The number of hydrogen-bond acceptors (Lipinski definition) is 3. The Morgan fingerprint density at radius 3 is 2.36 bits per heavy atom. The molecule has 0 radical (unpaired) electrons. The quantitative estimate of drug-likeness (QED) is 0.807. The molecule has 0 bridgehead atoms. The van der Waals surface area contributed by atoms with Crippen molar-refractivity contribution in [1.29, 1.82) is 0 Å². The number of hydrogen-bond donors (Lipinski definition) is 2. The number of benzene rings is 1. The number of rotatable bonds is 4. The van der Waals surface area contributed by atoms with Gasteiger partial charge in [-0.1, -0.05) is 12.1 Å². The first-order valence-corrected chi connectivity index (χ1v) is 4.24. The van der Waals surface area contributed by atoms with Crippen LogP contribution in [0.15, 0.2) is 24.3 Å². The number of methoxy groups -OCH3 is 1. The zero-order valence-corrected chi connectivity index (χ0v) is 9.17. The van der Waals surface area contributed by atoms with E-state index in [1.54, 1.807) is 19.2 Å². The van der Waals surface area contributed by atoms with Crippen LogP contribution in [0.1, 0.15) is 11.7 Å². The lowest BCUT2D eigenvalue weighted by Crippen LogP contribution is -2.18. The Labute approximate surface area is 90.5 Å². The number of phenols is 1. The van der Waals surface area contributed by atoms with Crippen LogP contribution in [0.2, 0.25) is 0 Å². The second-order valence-corrected chi connectivity index (χ2v) is 2.87. The first-order valence-electron chi connectivity index (χ1n) is 4.24. The molecular formula is C10H16ClNO2. The van der Waals surface area contributed by atoms with Gasteiger partial charge >= 0.3 is 0 Å². The van der Waals surface area contributed by atoms with Crippen molar-refractivity contribution < 1.29 is 9.84 Å². The molecule has 1 aromatic carbocycles. The summed E-state index contributed by atoms with van der Waals surface area (Å²) in [6, 6.07) is 7.05. The molecule has 0 spiro atoms. The predicted molar refractivity (Wildman–Crippen MR) is 59.0 cm³/mol. The van der Waals surface area contributed by atoms with Crippen molar-refractivity contribution in [2.24, 2.45) is 0 Å². The molecule has 0 aliphatic carbocycles. The summed E-state index contributed by atoms with van der Waals surface area (Å²) in [6.07, 6.45) is 0.0469. The molecule has 3 nitrogen and oxygen atoms in total. The molecule has 1 rings (SSSR count). The fourth-order valence-corrected chi connectivity index (χ4v) is 1.21. The van der Waals surface area contributed by atoms with E-state index in [-0.39, 0.29) is 24.3 Å². The molecular weight excluding hydrogens is 202 g/mol. The molecule has 0 fully saturated rings. The molecule has 4 heteroatoms. The summed E-state index contributed by atoms with van der Waals surface area (Å²) in [7, 11) is 3.56. The second-order valence-electron chi connectivity index (χ2n) is 2.87. The minimum atomic E-state index is 0. The minimum Gasteiger partial charge on any atom is -0.508 e. The molecule has 0 aromatic heterocycles. The highest BCUT2D eigenvalue weighted by molar-refractivity contribution is 5.85. The Kier molecular flexibility index (Phi) is 6.28. The molecule has 14 heavy (non-hydrogen) atoms. The highest BCUT2D eigenvalue weighted by Crippen LogP contribution is 2.18. The van der Waals surface area contributed by atoms with Gasteiger partial charge in [0.25, 0.3) is 0 Å². The van der Waals surface area contributed by atoms with Gasteiger partial charge in [0.15, 0.2) is 0 Å². The van der Waals surface area contributed by atoms with Crippen LogP contribution in [0.5, 0.6) is 5.75 Å². The van der Waals surface area contributed by atoms with Crippen LogP contribution in [0, 0.1) is 0 Å². The molecule has 0 saturated carbocycles. The van der Waals surface area contributed by atoms with Crippen LogP contribution >= 0.6 is 12.4 Å². The third-order valence-corrected chi connectivity index (χ3v) is 1.94. The van der Waals surface area contributed by atoms with Crippen LogP contribution in [0.4, 0.5) is 0 Å². The number of ether oxygens (including phenoxy) is 1. The normalized spacial score (nSPS) is 11.9. The van der Waals surface area contributed by atoms with Crippen molar-refractivity contribution in [2.45, 2.75) is 6.10 Å². The summed E-state index contributed by atoms with van der Waals surface area (Å²) in [5, 5.41) is 12.1. The summed E-state index contributed by atoms with van der Waals surface area (Å²) >= 11 is 0. The van der Waals surface area contributed by atoms with Crippen molar-refractivity contribution in [1.82, 2.24) is 5.32 Å². The fraction of sp³-hybridized carbons (Fsp3) is 0.400. The number of nitrogens with one attached hydrogen (secondary N) is 1.